The molecule has 0 atom stereocenters. The molecule has 5 rings (SSSR count). The van der Waals surface area contributed by atoms with Crippen molar-refractivity contribution in [3.05, 3.63) is 81.4 Å². The second-order valence-electron chi connectivity index (χ2n) is 8.82. The van der Waals surface area contributed by atoms with Crippen LogP contribution in [0.4, 0.5) is 0 Å². The predicted octanol–water partition coefficient (Wildman–Crippen LogP) is 1.18. The van der Waals surface area contributed by atoms with Crippen LogP contribution in [0.25, 0.3) is 11.1 Å². The summed E-state index contributed by atoms with van der Waals surface area (Å²) in [5.41, 5.74) is 12.8. The zero-order chi connectivity index (χ0) is 20.5. The quantitative estimate of drug-likeness (QED) is 0.416. The topological polar surface area (TPSA) is 0 Å². The molecule has 0 amide bonds. The molecule has 3 heteroatoms. The molecule has 0 bridgehead atoms. The molecule has 0 aromatic heterocycles. The van der Waals surface area contributed by atoms with E-state index in [1.165, 1.54) is 82.2 Å². The molecule has 162 valence electrons. The monoisotopic (exact) mass is 527 g/mol. The van der Waals surface area contributed by atoms with E-state index in [1.54, 1.807) is 27.4 Å². The summed E-state index contributed by atoms with van der Waals surface area (Å²) in [6.45, 7) is 9.01. The van der Waals surface area contributed by atoms with Crippen LogP contribution in [-0.4, -0.2) is 3.21 Å². The summed E-state index contributed by atoms with van der Waals surface area (Å²) >= 11 is 1.69. The van der Waals surface area contributed by atoms with Crippen molar-refractivity contribution in [2.75, 3.05) is 0 Å². The normalized spacial score (nSPS) is 16.1. The van der Waals surface area contributed by atoms with Gasteiger partial charge in [0.2, 0.25) is 0 Å². The number of fused-ring (bicyclic) bond motifs is 3. The van der Waals surface area contributed by atoms with Crippen molar-refractivity contribution < 1.29 is 49.0 Å². The van der Waals surface area contributed by atoms with Crippen LogP contribution in [0.5, 0.6) is 0 Å². The van der Waals surface area contributed by atoms with Crippen LogP contribution in [0, 0.1) is 33.8 Å². The first-order valence-electron chi connectivity index (χ1n) is 11.0. The van der Waals surface area contributed by atoms with Gasteiger partial charge in [-0.15, -0.1) is 22.3 Å². The number of hydrogen-bond acceptors (Lipinski definition) is 0. The summed E-state index contributed by atoms with van der Waals surface area (Å²) in [5.74, 6) is 0.399. The van der Waals surface area contributed by atoms with E-state index in [4.69, 9.17) is 0 Å². The van der Waals surface area contributed by atoms with Gasteiger partial charge < -0.3 is 24.8 Å². The van der Waals surface area contributed by atoms with E-state index in [1.807, 2.05) is 0 Å². The van der Waals surface area contributed by atoms with Crippen LogP contribution >= 0.6 is 0 Å². The Balaban J connectivity index is 0.000000327. The van der Waals surface area contributed by atoms with Gasteiger partial charge >= 0.3 is 59.5 Å². The fourth-order valence-electron chi connectivity index (χ4n) is 4.90. The first-order chi connectivity index (χ1) is 14.0. The Morgan fingerprint density at radius 2 is 1.45 bits per heavy atom. The minimum atomic E-state index is 0. The van der Waals surface area contributed by atoms with Gasteiger partial charge in [-0.3, -0.25) is 0 Å². The van der Waals surface area contributed by atoms with Crippen molar-refractivity contribution in [2.45, 2.75) is 72.1 Å². The molecule has 0 unspecified atom stereocenters. The SMILES string of the molecule is Cc1ccc2c(c1C)-c1c([c-]c(C3C=CC=C3)c(C)c1C)C2.[Cl-].[Cl-].[Zr+2]=[C]1CCCCC1. The summed E-state index contributed by atoms with van der Waals surface area (Å²) in [6.07, 6.45) is 17.2. The molecule has 3 aliphatic rings. The van der Waals surface area contributed by atoms with E-state index in [0.717, 1.165) is 6.42 Å². The van der Waals surface area contributed by atoms with E-state index >= 15 is 0 Å². The number of allylic oxidation sites excluding steroid dienone is 4. The summed E-state index contributed by atoms with van der Waals surface area (Å²) in [5, 5.41) is 0. The molecular formula is C28H31Cl2Zr-. The number of hydrogen-bond donors (Lipinski definition) is 0. The molecule has 2 aromatic rings. The van der Waals surface area contributed by atoms with Crippen molar-refractivity contribution in [1.29, 1.82) is 0 Å². The minimum absolute atomic E-state index is 0. The third-order valence-corrected chi connectivity index (χ3v) is 8.14. The number of benzene rings is 2. The van der Waals surface area contributed by atoms with Crippen LogP contribution in [-0.2, 0) is 30.7 Å². The van der Waals surface area contributed by atoms with Crippen molar-refractivity contribution >= 4 is 3.21 Å². The first-order valence-corrected chi connectivity index (χ1v) is 12.3. The van der Waals surface area contributed by atoms with Gasteiger partial charge in [0.05, 0.1) is 0 Å². The Morgan fingerprint density at radius 1 is 0.806 bits per heavy atom. The van der Waals surface area contributed by atoms with Gasteiger partial charge in [0.1, 0.15) is 0 Å². The third-order valence-electron chi connectivity index (χ3n) is 6.91. The van der Waals surface area contributed by atoms with E-state index in [2.05, 4.69) is 70.2 Å². The fourth-order valence-corrected chi connectivity index (χ4v) is 5.77. The molecule has 31 heavy (non-hydrogen) atoms. The second kappa shape index (κ2) is 11.4. The number of rotatable bonds is 1. The molecule has 0 saturated heterocycles. The summed E-state index contributed by atoms with van der Waals surface area (Å²) in [6, 6.07) is 8.32. The van der Waals surface area contributed by atoms with Crippen molar-refractivity contribution in [1.82, 2.24) is 0 Å². The Bertz CT molecular complexity index is 1010. The third kappa shape index (κ3) is 5.43. The van der Waals surface area contributed by atoms with Crippen molar-refractivity contribution in [2.24, 2.45) is 0 Å². The maximum atomic E-state index is 3.77. The summed E-state index contributed by atoms with van der Waals surface area (Å²) < 4.78 is 1.80. The molecule has 0 aliphatic heterocycles. The molecular weight excluding hydrogens is 498 g/mol. The van der Waals surface area contributed by atoms with Crippen LogP contribution in [0.1, 0.15) is 77.0 Å². The molecule has 0 spiro atoms. The average Bonchev–Trinajstić information content (AvgIpc) is 3.37. The fraction of sp³-hybridized carbons (Fsp3) is 0.393. The molecule has 3 aliphatic carbocycles. The van der Waals surface area contributed by atoms with Gasteiger partial charge in [0.25, 0.3) is 0 Å². The van der Waals surface area contributed by atoms with Gasteiger partial charge in [-0.25, -0.2) is 0 Å². The molecule has 0 radical (unpaired) electrons. The molecule has 0 heterocycles. The van der Waals surface area contributed by atoms with Crippen LogP contribution in [0.15, 0.2) is 36.4 Å². The van der Waals surface area contributed by atoms with E-state index in [-0.39, 0.29) is 24.8 Å². The van der Waals surface area contributed by atoms with E-state index in [0.29, 0.717) is 5.92 Å². The second-order valence-corrected chi connectivity index (χ2v) is 10.6. The first kappa shape index (κ1) is 26.5. The number of halogens is 2. The Labute approximate surface area is 215 Å². The molecule has 2 aromatic carbocycles. The zero-order valence-electron chi connectivity index (χ0n) is 19.0. The predicted molar refractivity (Wildman–Crippen MR) is 122 cm³/mol. The average molecular weight is 530 g/mol. The van der Waals surface area contributed by atoms with Gasteiger partial charge in [-0.1, -0.05) is 61.4 Å². The molecule has 0 nitrogen and oxygen atoms in total. The maximum absolute atomic E-state index is 3.77. The standard InChI is InChI=1S/C22H21.C6H10.2ClH.Zr/c1-13-9-10-18-11-19-12-20(17-7-5-6-8-17)15(3)16(4)22(19)21(18)14(13)2;1-2-4-6-5-3-1;;;/h5-10,17H,11H2,1-4H3;1-5H2;2*1H;/q-1;;;;+2/p-2. The van der Waals surface area contributed by atoms with Gasteiger partial charge in [-0.05, 0) is 37.3 Å². The van der Waals surface area contributed by atoms with Gasteiger partial charge in [-0.2, -0.15) is 11.6 Å². The Hall–Kier alpha value is -0.747. The van der Waals surface area contributed by atoms with Gasteiger partial charge in [0.15, 0.2) is 0 Å². The Morgan fingerprint density at radius 3 is 2.03 bits per heavy atom. The summed E-state index contributed by atoms with van der Waals surface area (Å²) in [7, 11) is 0. The van der Waals surface area contributed by atoms with Crippen LogP contribution in [0.2, 0.25) is 0 Å². The molecule has 1 saturated carbocycles. The van der Waals surface area contributed by atoms with Crippen LogP contribution < -0.4 is 24.8 Å². The summed E-state index contributed by atoms with van der Waals surface area (Å²) in [4.78, 5) is 0. The van der Waals surface area contributed by atoms with Gasteiger partial charge in [0, 0.05) is 0 Å². The molecule has 0 N–H and O–H groups in total. The number of aryl methyl sites for hydroxylation is 1. The van der Waals surface area contributed by atoms with E-state index in [9.17, 15) is 0 Å². The van der Waals surface area contributed by atoms with Crippen molar-refractivity contribution in [3.8, 4) is 11.1 Å². The van der Waals surface area contributed by atoms with Crippen molar-refractivity contribution in [3.63, 3.8) is 0 Å². The van der Waals surface area contributed by atoms with Crippen LogP contribution in [0.3, 0.4) is 0 Å². The zero-order valence-corrected chi connectivity index (χ0v) is 23.0. The van der Waals surface area contributed by atoms with E-state index < -0.39 is 0 Å². The molecule has 1 fully saturated rings. The Kier molecular flexibility index (Phi) is 9.75.